The van der Waals surface area contributed by atoms with Crippen LogP contribution < -0.4 is 10.9 Å². The van der Waals surface area contributed by atoms with Crippen molar-refractivity contribution in [3.05, 3.63) is 46.0 Å². The summed E-state index contributed by atoms with van der Waals surface area (Å²) in [6.45, 7) is 4.83. The van der Waals surface area contributed by atoms with Crippen LogP contribution in [0.25, 0.3) is 0 Å². The van der Waals surface area contributed by atoms with Gasteiger partial charge in [-0.2, -0.15) is 0 Å². The molecule has 20 heavy (non-hydrogen) atoms. The fraction of sp³-hybridized carbons (Fsp3) is 0.357. The molecule has 0 saturated carbocycles. The van der Waals surface area contributed by atoms with E-state index in [9.17, 15) is 4.79 Å². The fourth-order valence-corrected chi connectivity index (χ4v) is 2.63. The zero-order valence-corrected chi connectivity index (χ0v) is 12.5. The van der Waals surface area contributed by atoms with Crippen LogP contribution in [-0.2, 0) is 5.75 Å². The lowest BCUT2D eigenvalue weighted by molar-refractivity contribution is 0.904. The van der Waals surface area contributed by atoms with Gasteiger partial charge in [-0.3, -0.25) is 4.79 Å². The van der Waals surface area contributed by atoms with Gasteiger partial charge in [0.05, 0.1) is 0 Å². The van der Waals surface area contributed by atoms with E-state index in [1.54, 1.807) is 6.20 Å². The number of anilines is 1. The molecule has 0 atom stereocenters. The molecule has 0 aliphatic heterocycles. The average molecular weight is 290 g/mol. The smallest absolute Gasteiger partial charge is 0.251 e. The lowest BCUT2D eigenvalue weighted by atomic mass is 10.3. The van der Waals surface area contributed by atoms with Crippen molar-refractivity contribution in [1.82, 2.24) is 15.0 Å². The van der Waals surface area contributed by atoms with Crippen LogP contribution in [0.4, 0.5) is 5.82 Å². The minimum Gasteiger partial charge on any atom is -0.370 e. The lowest BCUT2D eigenvalue weighted by Crippen LogP contribution is -2.08. The second kappa shape index (κ2) is 7.09. The molecule has 0 fully saturated rings. The van der Waals surface area contributed by atoms with Crippen molar-refractivity contribution in [2.45, 2.75) is 31.2 Å². The van der Waals surface area contributed by atoms with Crippen LogP contribution in [0.3, 0.4) is 0 Å². The Kier molecular flexibility index (Phi) is 5.17. The third-order valence-corrected chi connectivity index (χ3v) is 3.57. The van der Waals surface area contributed by atoms with Gasteiger partial charge < -0.3 is 10.3 Å². The summed E-state index contributed by atoms with van der Waals surface area (Å²) < 4.78 is 0. The largest absolute Gasteiger partial charge is 0.370 e. The molecule has 0 saturated heterocycles. The molecule has 0 unspecified atom stereocenters. The van der Waals surface area contributed by atoms with Gasteiger partial charge in [0.1, 0.15) is 5.82 Å². The highest BCUT2D eigenvalue weighted by Gasteiger charge is 2.05. The summed E-state index contributed by atoms with van der Waals surface area (Å²) in [6, 6.07) is 5.44. The summed E-state index contributed by atoms with van der Waals surface area (Å²) in [5.74, 6) is 1.61. The van der Waals surface area contributed by atoms with Crippen LogP contribution in [0.2, 0.25) is 0 Å². The molecule has 0 bridgehead atoms. The Morgan fingerprint density at radius 2 is 2.30 bits per heavy atom. The van der Waals surface area contributed by atoms with Crippen molar-refractivity contribution in [3.8, 4) is 0 Å². The first-order valence-corrected chi connectivity index (χ1v) is 7.56. The number of hydrogen-bond donors (Lipinski definition) is 2. The number of hydrogen-bond acceptors (Lipinski definition) is 5. The summed E-state index contributed by atoms with van der Waals surface area (Å²) in [5.41, 5.74) is 1.72. The van der Waals surface area contributed by atoms with E-state index in [0.717, 1.165) is 30.0 Å². The lowest BCUT2D eigenvalue weighted by Gasteiger charge is -2.09. The Balaban J connectivity index is 2.08. The van der Waals surface area contributed by atoms with Crippen molar-refractivity contribution in [2.24, 2.45) is 0 Å². The van der Waals surface area contributed by atoms with Gasteiger partial charge in [0, 0.05) is 35.8 Å². The molecular formula is C14H18N4OS. The highest BCUT2D eigenvalue weighted by Crippen LogP contribution is 2.22. The van der Waals surface area contributed by atoms with E-state index in [4.69, 9.17) is 0 Å². The monoisotopic (exact) mass is 290 g/mol. The van der Waals surface area contributed by atoms with E-state index in [1.165, 1.54) is 17.8 Å². The molecule has 2 heterocycles. The van der Waals surface area contributed by atoms with E-state index in [1.807, 2.05) is 19.1 Å². The summed E-state index contributed by atoms with van der Waals surface area (Å²) in [7, 11) is 0. The van der Waals surface area contributed by atoms with Gasteiger partial charge in [-0.15, -0.1) is 0 Å². The van der Waals surface area contributed by atoms with E-state index in [2.05, 4.69) is 27.2 Å². The first-order chi connectivity index (χ1) is 9.69. The number of aromatic amines is 1. The molecule has 2 aromatic rings. The van der Waals surface area contributed by atoms with Crippen LogP contribution >= 0.6 is 11.8 Å². The summed E-state index contributed by atoms with van der Waals surface area (Å²) in [6.07, 6.45) is 2.83. The highest BCUT2D eigenvalue weighted by molar-refractivity contribution is 7.98. The maximum absolute atomic E-state index is 11.4. The Hall–Kier alpha value is -1.82. The van der Waals surface area contributed by atoms with Crippen molar-refractivity contribution in [1.29, 1.82) is 0 Å². The van der Waals surface area contributed by atoms with Crippen LogP contribution in [0.1, 0.15) is 24.6 Å². The average Bonchev–Trinajstić information content (AvgIpc) is 2.43. The SMILES string of the molecule is CCCNc1ncccc1CSc1nc(C)cc(=O)[nH]1. The van der Waals surface area contributed by atoms with Gasteiger partial charge in [-0.1, -0.05) is 24.8 Å². The molecule has 2 rings (SSSR count). The van der Waals surface area contributed by atoms with E-state index < -0.39 is 0 Å². The molecule has 0 spiro atoms. The van der Waals surface area contributed by atoms with Gasteiger partial charge in [0.2, 0.25) is 0 Å². The molecule has 0 amide bonds. The number of H-pyrrole nitrogens is 1. The normalized spacial score (nSPS) is 10.5. The molecule has 2 aromatic heterocycles. The molecule has 0 aliphatic rings. The van der Waals surface area contributed by atoms with Crippen LogP contribution in [0.5, 0.6) is 0 Å². The van der Waals surface area contributed by atoms with Crippen LogP contribution in [0.15, 0.2) is 34.3 Å². The second-order valence-electron chi connectivity index (χ2n) is 4.42. The van der Waals surface area contributed by atoms with Crippen molar-refractivity contribution < 1.29 is 0 Å². The minimum absolute atomic E-state index is 0.115. The number of nitrogens with one attached hydrogen (secondary N) is 2. The highest BCUT2D eigenvalue weighted by atomic mass is 32.2. The maximum atomic E-state index is 11.4. The Morgan fingerprint density at radius 3 is 3.05 bits per heavy atom. The molecule has 0 aliphatic carbocycles. The number of thioether (sulfide) groups is 1. The first kappa shape index (κ1) is 14.6. The van der Waals surface area contributed by atoms with Crippen molar-refractivity contribution in [3.63, 3.8) is 0 Å². The van der Waals surface area contributed by atoms with Crippen LogP contribution in [-0.4, -0.2) is 21.5 Å². The minimum atomic E-state index is -0.115. The molecule has 0 aromatic carbocycles. The number of aromatic nitrogens is 3. The first-order valence-electron chi connectivity index (χ1n) is 6.57. The summed E-state index contributed by atoms with van der Waals surface area (Å²) in [5, 5.41) is 3.94. The van der Waals surface area contributed by atoms with Crippen molar-refractivity contribution in [2.75, 3.05) is 11.9 Å². The van der Waals surface area contributed by atoms with Gasteiger partial charge >= 0.3 is 0 Å². The predicted octanol–water partition coefficient (Wildman–Crippen LogP) is 2.59. The number of pyridine rings is 1. The van der Waals surface area contributed by atoms with Crippen LogP contribution in [0, 0.1) is 6.92 Å². The Morgan fingerprint density at radius 1 is 1.45 bits per heavy atom. The fourth-order valence-electron chi connectivity index (χ4n) is 1.72. The van der Waals surface area contributed by atoms with E-state index in [0.29, 0.717) is 10.9 Å². The number of rotatable bonds is 6. The molecule has 6 heteroatoms. The summed E-state index contributed by atoms with van der Waals surface area (Å²) in [4.78, 5) is 22.8. The second-order valence-corrected chi connectivity index (χ2v) is 5.38. The molecular weight excluding hydrogens is 272 g/mol. The topological polar surface area (TPSA) is 70.7 Å². The molecule has 2 N–H and O–H groups in total. The standard InChI is InChI=1S/C14H18N4OS/c1-3-6-15-13-11(5-4-7-16-13)9-20-14-17-10(2)8-12(19)18-14/h4-5,7-8H,3,6,9H2,1-2H3,(H,15,16)(H,17,18,19). The van der Waals surface area contributed by atoms with Crippen molar-refractivity contribution >= 4 is 17.6 Å². The molecule has 106 valence electrons. The Bertz CT molecular complexity index is 627. The quantitative estimate of drug-likeness (QED) is 0.632. The van der Waals surface area contributed by atoms with E-state index >= 15 is 0 Å². The van der Waals surface area contributed by atoms with Gasteiger partial charge in [0.15, 0.2) is 5.16 Å². The third kappa shape index (κ3) is 4.09. The maximum Gasteiger partial charge on any atom is 0.251 e. The number of aryl methyl sites for hydroxylation is 1. The van der Waals surface area contributed by atoms with Gasteiger partial charge in [-0.05, 0) is 19.4 Å². The Labute approximate surface area is 122 Å². The zero-order chi connectivity index (χ0) is 14.4. The summed E-state index contributed by atoms with van der Waals surface area (Å²) >= 11 is 1.50. The number of nitrogens with zero attached hydrogens (tertiary/aromatic N) is 2. The van der Waals surface area contributed by atoms with Gasteiger partial charge in [-0.25, -0.2) is 9.97 Å². The van der Waals surface area contributed by atoms with Gasteiger partial charge in [0.25, 0.3) is 5.56 Å². The van der Waals surface area contributed by atoms with E-state index in [-0.39, 0.29) is 5.56 Å². The predicted molar refractivity (Wildman–Crippen MR) is 82.2 cm³/mol. The zero-order valence-electron chi connectivity index (χ0n) is 11.6. The molecule has 5 nitrogen and oxygen atoms in total. The third-order valence-electron chi connectivity index (χ3n) is 2.65. The molecule has 0 radical (unpaired) electrons.